The van der Waals surface area contributed by atoms with Crippen molar-refractivity contribution in [2.45, 2.75) is 19.8 Å². The zero-order chi connectivity index (χ0) is 13.1. The summed E-state index contributed by atoms with van der Waals surface area (Å²) < 4.78 is 26.1. The first-order valence-corrected chi connectivity index (χ1v) is 5.64. The Morgan fingerprint density at radius 1 is 1.06 bits per heavy atom. The summed E-state index contributed by atoms with van der Waals surface area (Å²) in [6.45, 7) is 1.95. The molecule has 0 saturated heterocycles. The van der Waals surface area contributed by atoms with Gasteiger partial charge in [0.1, 0.15) is 23.3 Å². The zero-order valence-corrected chi connectivity index (χ0v) is 9.95. The van der Waals surface area contributed by atoms with Gasteiger partial charge in [-0.05, 0) is 24.1 Å². The first-order chi connectivity index (χ1) is 8.56. The first-order valence-electron chi connectivity index (χ1n) is 5.64. The Labute approximate surface area is 104 Å². The largest absolute Gasteiger partial charge is 0.384 e. The Morgan fingerprint density at radius 2 is 1.72 bits per heavy atom. The van der Waals surface area contributed by atoms with E-state index in [0.29, 0.717) is 17.2 Å². The Balaban J connectivity index is 2.30. The highest BCUT2D eigenvalue weighted by molar-refractivity contribution is 5.31. The quantitative estimate of drug-likeness (QED) is 0.909. The normalized spacial score (nSPS) is 10.6. The fraction of sp³-hybridized carbons (Fsp3) is 0.231. The molecular weight excluding hydrogens is 236 g/mol. The van der Waals surface area contributed by atoms with E-state index < -0.39 is 11.6 Å². The van der Waals surface area contributed by atoms with Crippen LogP contribution in [0.1, 0.15) is 24.0 Å². The molecule has 0 unspecified atom stereocenters. The van der Waals surface area contributed by atoms with Crippen LogP contribution < -0.4 is 5.73 Å². The molecule has 2 rings (SSSR count). The van der Waals surface area contributed by atoms with Crippen LogP contribution in [0.15, 0.2) is 24.3 Å². The van der Waals surface area contributed by atoms with Crippen molar-refractivity contribution in [1.82, 2.24) is 9.97 Å². The van der Waals surface area contributed by atoms with Crippen molar-refractivity contribution in [2.24, 2.45) is 0 Å². The van der Waals surface area contributed by atoms with Crippen molar-refractivity contribution >= 4 is 5.82 Å². The van der Waals surface area contributed by atoms with Gasteiger partial charge >= 0.3 is 0 Å². The summed E-state index contributed by atoms with van der Waals surface area (Å²) in [4.78, 5) is 8.33. The minimum Gasteiger partial charge on any atom is -0.384 e. The number of hydrogen-bond donors (Lipinski definition) is 1. The van der Waals surface area contributed by atoms with Gasteiger partial charge < -0.3 is 5.73 Å². The standard InChI is InChI=1S/C13H13F2N3/c1-2-11-7-12(16)18-13(17-11)5-8-3-9(14)6-10(15)4-8/h3-4,6-7H,2,5H2,1H3,(H2,16,17,18). The van der Waals surface area contributed by atoms with Gasteiger partial charge in [0.2, 0.25) is 0 Å². The van der Waals surface area contributed by atoms with Gasteiger partial charge in [-0.1, -0.05) is 6.92 Å². The molecule has 0 aliphatic rings. The molecule has 94 valence electrons. The predicted octanol–water partition coefficient (Wildman–Crippen LogP) is 2.49. The lowest BCUT2D eigenvalue weighted by Gasteiger charge is -2.05. The summed E-state index contributed by atoms with van der Waals surface area (Å²) >= 11 is 0. The summed E-state index contributed by atoms with van der Waals surface area (Å²) in [7, 11) is 0. The van der Waals surface area contributed by atoms with E-state index in [0.717, 1.165) is 18.2 Å². The molecule has 1 heterocycles. The van der Waals surface area contributed by atoms with Crippen molar-refractivity contribution in [2.75, 3.05) is 5.73 Å². The first kappa shape index (κ1) is 12.4. The number of aryl methyl sites for hydroxylation is 1. The molecular formula is C13H13F2N3. The highest BCUT2D eigenvalue weighted by atomic mass is 19.1. The summed E-state index contributed by atoms with van der Waals surface area (Å²) in [5, 5.41) is 0. The van der Waals surface area contributed by atoms with Crippen LogP contribution in [-0.2, 0) is 12.8 Å². The number of anilines is 1. The van der Waals surface area contributed by atoms with Gasteiger partial charge in [0.05, 0.1) is 0 Å². The fourth-order valence-electron chi connectivity index (χ4n) is 1.73. The molecule has 0 saturated carbocycles. The molecule has 2 N–H and O–H groups in total. The maximum Gasteiger partial charge on any atom is 0.135 e. The van der Waals surface area contributed by atoms with Gasteiger partial charge in [-0.15, -0.1) is 0 Å². The molecule has 0 fully saturated rings. The van der Waals surface area contributed by atoms with Crippen molar-refractivity contribution < 1.29 is 8.78 Å². The van der Waals surface area contributed by atoms with Crippen LogP contribution in [-0.4, -0.2) is 9.97 Å². The lowest BCUT2D eigenvalue weighted by Crippen LogP contribution is -2.04. The third-order valence-electron chi connectivity index (χ3n) is 2.49. The van der Waals surface area contributed by atoms with E-state index in [4.69, 9.17) is 5.73 Å². The predicted molar refractivity (Wildman–Crippen MR) is 65.0 cm³/mol. The van der Waals surface area contributed by atoms with Crippen LogP contribution in [0.5, 0.6) is 0 Å². The molecule has 3 nitrogen and oxygen atoms in total. The minimum absolute atomic E-state index is 0.257. The molecule has 1 aromatic heterocycles. The summed E-state index contributed by atoms with van der Waals surface area (Å²) in [5.74, 6) is -0.375. The molecule has 0 aliphatic heterocycles. The summed E-state index contributed by atoms with van der Waals surface area (Å²) in [5.41, 5.74) is 6.95. The van der Waals surface area contributed by atoms with Gasteiger partial charge in [0, 0.05) is 24.2 Å². The molecule has 1 aromatic carbocycles. The molecule has 0 amide bonds. The molecule has 0 atom stereocenters. The second kappa shape index (κ2) is 5.08. The summed E-state index contributed by atoms with van der Waals surface area (Å²) in [6.07, 6.45) is 0.990. The molecule has 0 spiro atoms. The zero-order valence-electron chi connectivity index (χ0n) is 9.95. The number of hydrogen-bond acceptors (Lipinski definition) is 3. The van der Waals surface area contributed by atoms with Crippen LogP contribution in [0, 0.1) is 11.6 Å². The highest BCUT2D eigenvalue weighted by Gasteiger charge is 2.06. The number of aromatic nitrogens is 2. The Hall–Kier alpha value is -2.04. The fourth-order valence-corrected chi connectivity index (χ4v) is 1.73. The van der Waals surface area contributed by atoms with E-state index in [1.54, 1.807) is 6.07 Å². The van der Waals surface area contributed by atoms with Gasteiger partial charge in [-0.2, -0.15) is 0 Å². The number of nitrogens with zero attached hydrogens (tertiary/aromatic N) is 2. The van der Waals surface area contributed by atoms with Gasteiger partial charge in [0.25, 0.3) is 0 Å². The lowest BCUT2D eigenvalue weighted by molar-refractivity contribution is 0.580. The lowest BCUT2D eigenvalue weighted by atomic mass is 10.1. The SMILES string of the molecule is CCc1cc(N)nc(Cc2cc(F)cc(F)c2)n1. The van der Waals surface area contributed by atoms with Crippen molar-refractivity contribution in [3.8, 4) is 0 Å². The second-order valence-corrected chi connectivity index (χ2v) is 4.01. The Bertz CT molecular complexity index is 550. The minimum atomic E-state index is -0.607. The van der Waals surface area contributed by atoms with E-state index >= 15 is 0 Å². The molecule has 0 bridgehead atoms. The number of rotatable bonds is 3. The van der Waals surface area contributed by atoms with Crippen LogP contribution in [0.2, 0.25) is 0 Å². The maximum atomic E-state index is 13.0. The number of nitrogen functional groups attached to an aromatic ring is 1. The number of nitrogens with two attached hydrogens (primary N) is 1. The van der Waals surface area contributed by atoms with E-state index in [9.17, 15) is 8.78 Å². The van der Waals surface area contributed by atoms with E-state index in [2.05, 4.69) is 9.97 Å². The van der Waals surface area contributed by atoms with Gasteiger partial charge in [0.15, 0.2) is 0 Å². The third-order valence-corrected chi connectivity index (χ3v) is 2.49. The van der Waals surface area contributed by atoms with Crippen LogP contribution in [0.25, 0.3) is 0 Å². The number of halogens is 2. The molecule has 2 aromatic rings. The van der Waals surface area contributed by atoms with Gasteiger partial charge in [-0.3, -0.25) is 0 Å². The molecule has 18 heavy (non-hydrogen) atoms. The molecule has 0 aliphatic carbocycles. The Morgan fingerprint density at radius 3 is 2.33 bits per heavy atom. The van der Waals surface area contributed by atoms with Crippen molar-refractivity contribution in [3.05, 3.63) is 53.0 Å². The third kappa shape index (κ3) is 3.00. The van der Waals surface area contributed by atoms with E-state index in [1.165, 1.54) is 12.1 Å². The van der Waals surface area contributed by atoms with Crippen LogP contribution in [0.4, 0.5) is 14.6 Å². The number of benzene rings is 1. The van der Waals surface area contributed by atoms with Gasteiger partial charge in [-0.25, -0.2) is 18.7 Å². The monoisotopic (exact) mass is 249 g/mol. The van der Waals surface area contributed by atoms with E-state index in [-0.39, 0.29) is 6.42 Å². The topological polar surface area (TPSA) is 51.8 Å². The van der Waals surface area contributed by atoms with Crippen LogP contribution in [0.3, 0.4) is 0 Å². The second-order valence-electron chi connectivity index (χ2n) is 4.01. The average molecular weight is 249 g/mol. The van der Waals surface area contributed by atoms with Crippen LogP contribution >= 0.6 is 0 Å². The smallest absolute Gasteiger partial charge is 0.135 e. The Kier molecular flexibility index (Phi) is 3.50. The molecule has 5 heteroatoms. The van der Waals surface area contributed by atoms with Crippen molar-refractivity contribution in [3.63, 3.8) is 0 Å². The highest BCUT2D eigenvalue weighted by Crippen LogP contribution is 2.12. The van der Waals surface area contributed by atoms with E-state index in [1.807, 2.05) is 6.92 Å². The molecule has 0 radical (unpaired) electrons. The van der Waals surface area contributed by atoms with Crippen molar-refractivity contribution in [1.29, 1.82) is 0 Å². The average Bonchev–Trinajstić information content (AvgIpc) is 2.26. The maximum absolute atomic E-state index is 13.0. The summed E-state index contributed by atoms with van der Waals surface area (Å²) in [6, 6.07) is 5.05.